The van der Waals surface area contributed by atoms with Crippen LogP contribution in [0.25, 0.3) is 0 Å². The fourth-order valence-corrected chi connectivity index (χ4v) is 1.22. The molecule has 0 N–H and O–H groups in total. The summed E-state index contributed by atoms with van der Waals surface area (Å²) in [6.45, 7) is 7.70. The van der Waals surface area contributed by atoms with Gasteiger partial charge < -0.3 is 9.47 Å². The summed E-state index contributed by atoms with van der Waals surface area (Å²) in [4.78, 5) is 8.30. The molecule has 1 rings (SSSR count). The van der Waals surface area contributed by atoms with Gasteiger partial charge in [0.1, 0.15) is 0 Å². The smallest absolute Gasteiger partial charge is 0.320 e. The highest BCUT2D eigenvalue weighted by Gasteiger charge is 2.08. The van der Waals surface area contributed by atoms with Crippen LogP contribution in [0.5, 0.6) is 11.9 Å². The normalized spacial score (nSPS) is 10.9. The molecule has 0 radical (unpaired) electrons. The van der Waals surface area contributed by atoms with Gasteiger partial charge in [0.15, 0.2) is 0 Å². The van der Waals surface area contributed by atoms with Crippen LogP contribution in [0.2, 0.25) is 0 Å². The quantitative estimate of drug-likeness (QED) is 0.747. The van der Waals surface area contributed by atoms with Crippen molar-refractivity contribution in [2.24, 2.45) is 0 Å². The molecule has 0 fully saturated rings. The van der Waals surface area contributed by atoms with E-state index in [9.17, 15) is 0 Å². The van der Waals surface area contributed by atoms with Crippen LogP contribution in [0, 0.1) is 0 Å². The molecule has 90 valence electrons. The lowest BCUT2D eigenvalue weighted by Gasteiger charge is -2.12. The summed E-state index contributed by atoms with van der Waals surface area (Å²) in [6.07, 6.45) is 0.0856. The van der Waals surface area contributed by atoms with Crippen LogP contribution in [0.4, 0.5) is 0 Å². The van der Waals surface area contributed by atoms with Gasteiger partial charge in [0.2, 0.25) is 5.88 Å². The van der Waals surface area contributed by atoms with Gasteiger partial charge >= 0.3 is 6.01 Å². The van der Waals surface area contributed by atoms with E-state index in [2.05, 4.69) is 9.97 Å². The average Bonchev–Trinajstić information content (AvgIpc) is 2.14. The highest BCUT2D eigenvalue weighted by Crippen LogP contribution is 2.17. The maximum Gasteiger partial charge on any atom is 0.320 e. The zero-order chi connectivity index (χ0) is 12.1. The zero-order valence-electron chi connectivity index (χ0n) is 10.0. The van der Waals surface area contributed by atoms with Crippen LogP contribution in [-0.2, 0) is 5.88 Å². The largest absolute Gasteiger partial charge is 0.475 e. The zero-order valence-corrected chi connectivity index (χ0v) is 10.8. The molecule has 1 aromatic rings. The maximum absolute atomic E-state index is 5.74. The van der Waals surface area contributed by atoms with E-state index >= 15 is 0 Å². The summed E-state index contributed by atoms with van der Waals surface area (Å²) >= 11 is 5.74. The molecule has 0 aliphatic carbocycles. The molecule has 0 aromatic carbocycles. The van der Waals surface area contributed by atoms with Crippen molar-refractivity contribution < 1.29 is 9.47 Å². The second-order valence-corrected chi connectivity index (χ2v) is 4.21. The summed E-state index contributed by atoms with van der Waals surface area (Å²) in [7, 11) is 0. The Kier molecular flexibility index (Phi) is 4.80. The number of halogens is 1. The summed E-state index contributed by atoms with van der Waals surface area (Å²) in [5.74, 6) is 0.808. The number of alkyl halides is 1. The Bertz CT molecular complexity index is 315. The van der Waals surface area contributed by atoms with E-state index in [1.165, 1.54) is 0 Å². The predicted molar refractivity (Wildman–Crippen MR) is 63.1 cm³/mol. The van der Waals surface area contributed by atoms with Crippen LogP contribution >= 0.6 is 11.6 Å². The van der Waals surface area contributed by atoms with Gasteiger partial charge in [-0.05, 0) is 27.7 Å². The van der Waals surface area contributed by atoms with Gasteiger partial charge in [0.25, 0.3) is 0 Å². The first-order chi connectivity index (χ1) is 7.51. The Morgan fingerprint density at radius 1 is 1.12 bits per heavy atom. The van der Waals surface area contributed by atoms with Crippen molar-refractivity contribution in [3.8, 4) is 11.9 Å². The Labute approximate surface area is 101 Å². The van der Waals surface area contributed by atoms with Gasteiger partial charge in [-0.25, -0.2) is 0 Å². The van der Waals surface area contributed by atoms with Crippen molar-refractivity contribution in [1.29, 1.82) is 0 Å². The molecular formula is C11H17ClN2O2. The lowest BCUT2D eigenvalue weighted by molar-refractivity contribution is 0.203. The predicted octanol–water partition coefficient (Wildman–Crippen LogP) is 2.79. The van der Waals surface area contributed by atoms with E-state index in [1.807, 2.05) is 27.7 Å². The van der Waals surface area contributed by atoms with Crippen LogP contribution in [0.15, 0.2) is 6.07 Å². The topological polar surface area (TPSA) is 44.2 Å². The third-order valence-electron chi connectivity index (χ3n) is 1.57. The third kappa shape index (κ3) is 4.23. The number of hydrogen-bond donors (Lipinski definition) is 0. The monoisotopic (exact) mass is 244 g/mol. The van der Waals surface area contributed by atoms with Crippen molar-refractivity contribution in [3.63, 3.8) is 0 Å². The lowest BCUT2D eigenvalue weighted by atomic mass is 10.4. The first-order valence-corrected chi connectivity index (χ1v) is 5.82. The average molecular weight is 245 g/mol. The Morgan fingerprint density at radius 2 is 1.75 bits per heavy atom. The van der Waals surface area contributed by atoms with Crippen molar-refractivity contribution in [2.75, 3.05) is 0 Å². The van der Waals surface area contributed by atoms with E-state index in [4.69, 9.17) is 21.1 Å². The Hall–Kier alpha value is -1.03. The van der Waals surface area contributed by atoms with Gasteiger partial charge in [-0.1, -0.05) is 0 Å². The van der Waals surface area contributed by atoms with Crippen molar-refractivity contribution in [1.82, 2.24) is 9.97 Å². The number of hydrogen-bond acceptors (Lipinski definition) is 4. The standard InChI is InChI=1S/C11H17ClN2O2/c1-7(2)15-10-5-9(6-12)13-11(14-10)16-8(3)4/h5,7-8H,6H2,1-4H3. The second-order valence-electron chi connectivity index (χ2n) is 3.95. The molecule has 0 bridgehead atoms. The molecule has 0 aliphatic rings. The van der Waals surface area contributed by atoms with Crippen molar-refractivity contribution in [3.05, 3.63) is 11.8 Å². The van der Waals surface area contributed by atoms with Crippen LogP contribution in [-0.4, -0.2) is 22.2 Å². The Morgan fingerprint density at radius 3 is 2.25 bits per heavy atom. The van der Waals surface area contributed by atoms with Gasteiger partial charge in [-0.15, -0.1) is 11.6 Å². The van der Waals surface area contributed by atoms with Crippen LogP contribution in [0.1, 0.15) is 33.4 Å². The first-order valence-electron chi connectivity index (χ1n) is 5.28. The van der Waals surface area contributed by atoms with Gasteiger partial charge in [0.05, 0.1) is 23.8 Å². The molecular weight excluding hydrogens is 228 g/mol. The minimum Gasteiger partial charge on any atom is -0.475 e. The molecule has 0 saturated heterocycles. The summed E-state index contributed by atoms with van der Waals surface area (Å²) in [6, 6.07) is 2.03. The number of aromatic nitrogens is 2. The Balaban J connectivity index is 2.91. The lowest BCUT2D eigenvalue weighted by Crippen LogP contribution is -2.12. The maximum atomic E-state index is 5.74. The van der Waals surface area contributed by atoms with Gasteiger partial charge in [-0.2, -0.15) is 9.97 Å². The molecule has 1 heterocycles. The molecule has 4 nitrogen and oxygen atoms in total. The van der Waals surface area contributed by atoms with E-state index in [0.717, 1.165) is 0 Å². The molecule has 0 spiro atoms. The fraction of sp³-hybridized carbons (Fsp3) is 0.636. The molecule has 0 unspecified atom stereocenters. The van der Waals surface area contributed by atoms with Crippen molar-refractivity contribution >= 4 is 11.6 Å². The van der Waals surface area contributed by atoms with E-state index in [1.54, 1.807) is 6.07 Å². The molecule has 0 amide bonds. The minimum absolute atomic E-state index is 0.0254. The van der Waals surface area contributed by atoms with Crippen LogP contribution < -0.4 is 9.47 Å². The number of rotatable bonds is 5. The van der Waals surface area contributed by atoms with Gasteiger partial charge in [0, 0.05) is 6.07 Å². The highest BCUT2D eigenvalue weighted by molar-refractivity contribution is 6.16. The molecule has 0 atom stereocenters. The summed E-state index contributed by atoms with van der Waals surface area (Å²) in [5.41, 5.74) is 0.697. The SMILES string of the molecule is CC(C)Oc1cc(CCl)nc(OC(C)C)n1. The molecule has 5 heteroatoms. The highest BCUT2D eigenvalue weighted by atomic mass is 35.5. The number of nitrogens with zero attached hydrogens (tertiary/aromatic N) is 2. The summed E-state index contributed by atoms with van der Waals surface area (Å²) < 4.78 is 10.9. The minimum atomic E-state index is 0.0254. The molecule has 1 aromatic heterocycles. The van der Waals surface area contributed by atoms with E-state index < -0.39 is 0 Å². The first kappa shape index (κ1) is 13.0. The number of ether oxygens (including phenoxy) is 2. The fourth-order valence-electron chi connectivity index (χ4n) is 1.08. The molecule has 16 heavy (non-hydrogen) atoms. The summed E-state index contributed by atoms with van der Waals surface area (Å²) in [5, 5.41) is 0. The van der Waals surface area contributed by atoms with Crippen LogP contribution in [0.3, 0.4) is 0 Å². The molecule has 0 aliphatic heterocycles. The van der Waals surface area contributed by atoms with E-state index in [-0.39, 0.29) is 12.2 Å². The van der Waals surface area contributed by atoms with Crippen molar-refractivity contribution in [2.45, 2.75) is 45.8 Å². The third-order valence-corrected chi connectivity index (χ3v) is 1.84. The van der Waals surface area contributed by atoms with Gasteiger partial charge in [-0.3, -0.25) is 0 Å². The second kappa shape index (κ2) is 5.89. The molecule has 0 saturated carbocycles. The van der Waals surface area contributed by atoms with E-state index in [0.29, 0.717) is 23.5 Å².